The van der Waals surface area contributed by atoms with Gasteiger partial charge in [0.1, 0.15) is 0 Å². The molecule has 0 fully saturated rings. The molecule has 1 aromatic rings. The molecule has 6 nitrogen and oxygen atoms in total. The van der Waals surface area contributed by atoms with Crippen molar-refractivity contribution in [1.29, 1.82) is 0 Å². The Balaban J connectivity index is 0.000000483. The van der Waals surface area contributed by atoms with Crippen LogP contribution in [0.1, 0.15) is 31.9 Å². The van der Waals surface area contributed by atoms with Gasteiger partial charge in [0.15, 0.2) is 0 Å². The van der Waals surface area contributed by atoms with Gasteiger partial charge in [-0.2, -0.15) is 0 Å². The van der Waals surface area contributed by atoms with E-state index >= 15 is 0 Å². The molecule has 0 saturated heterocycles. The number of amides is 2. The number of rotatable bonds is 5. The number of carbonyl (C=O) groups is 2. The van der Waals surface area contributed by atoms with Gasteiger partial charge in [-0.1, -0.05) is 38.5 Å². The first-order chi connectivity index (χ1) is 12.2. The minimum Gasteiger partial charge on any atom is -0.394 e. The zero-order valence-corrected chi connectivity index (χ0v) is 19.7. The van der Waals surface area contributed by atoms with Crippen LogP contribution in [0, 0.1) is 19.3 Å². The van der Waals surface area contributed by atoms with Crippen molar-refractivity contribution in [3.63, 3.8) is 0 Å². The molecule has 2 N–H and O–H groups in total. The number of nitrogens with zero attached hydrogens (tertiary/aromatic N) is 1. The number of hydrogen-bond donors (Lipinski definition) is 2. The van der Waals surface area contributed by atoms with E-state index in [1.165, 1.54) is 11.1 Å². The normalized spacial score (nSPS) is 12.4. The van der Waals surface area contributed by atoms with Gasteiger partial charge in [-0.05, 0) is 25.0 Å². The van der Waals surface area contributed by atoms with Crippen molar-refractivity contribution in [3.8, 4) is 0 Å². The number of aliphatic hydroxyl groups is 1. The van der Waals surface area contributed by atoms with Gasteiger partial charge in [0, 0.05) is 56.9 Å². The average Bonchev–Trinajstić information content (AvgIpc) is 2.97. The summed E-state index contributed by atoms with van der Waals surface area (Å²) in [7, 11) is 0. The number of ether oxygens (including phenoxy) is 1. The average molecular weight is 452 g/mol. The van der Waals surface area contributed by atoms with Gasteiger partial charge in [-0.15, -0.1) is 0 Å². The molecule has 1 aliphatic heterocycles. The minimum absolute atomic E-state index is 0. The molecule has 2 rings (SSSR count). The van der Waals surface area contributed by atoms with Gasteiger partial charge in [0.2, 0.25) is 5.91 Å². The van der Waals surface area contributed by atoms with Crippen LogP contribution in [-0.4, -0.2) is 49.8 Å². The van der Waals surface area contributed by atoms with Crippen LogP contribution in [0.4, 0.5) is 5.69 Å². The third-order valence-corrected chi connectivity index (χ3v) is 3.88. The third-order valence-electron chi connectivity index (χ3n) is 3.88. The number of nitrogens with one attached hydrogen (secondary N) is 1. The molecule has 1 aliphatic rings. The summed E-state index contributed by atoms with van der Waals surface area (Å²) in [6, 6.07) is 6.17. The molecule has 149 valence electrons. The number of benzene rings is 1. The Morgan fingerprint density at radius 3 is 2.52 bits per heavy atom. The van der Waals surface area contributed by atoms with Crippen LogP contribution < -0.4 is 10.2 Å². The Hall–Kier alpha value is -0.946. The van der Waals surface area contributed by atoms with Crippen molar-refractivity contribution in [2.24, 2.45) is 5.41 Å². The standard InChI is InChI=1S/C11H12NO.C9H19NO3.Y/c1-8-3-4-11-10(7-8)5-6-12(11)9(2)13;1-9(2,3)8(12)10-4-6-13-7-5-11;/h3-4,7H,2,5-6H2,1H3;11H,4-7H2,1-3H3,(H,10,12);/q-1;;. The zero-order chi connectivity index (χ0) is 19.7. The molecule has 2 amide bonds. The molecule has 0 saturated carbocycles. The summed E-state index contributed by atoms with van der Waals surface area (Å²) < 4.78 is 4.98. The van der Waals surface area contributed by atoms with Crippen LogP contribution in [0.5, 0.6) is 0 Å². The number of aryl methyl sites for hydroxylation is 1. The second-order valence-electron chi connectivity index (χ2n) is 7.27. The fourth-order valence-electron chi connectivity index (χ4n) is 2.46. The summed E-state index contributed by atoms with van der Waals surface area (Å²) in [4.78, 5) is 24.1. The van der Waals surface area contributed by atoms with E-state index in [4.69, 9.17) is 9.84 Å². The van der Waals surface area contributed by atoms with Gasteiger partial charge >= 0.3 is 0 Å². The first-order valence-electron chi connectivity index (χ1n) is 8.86. The Bertz CT molecular complexity index is 614. The van der Waals surface area contributed by atoms with Gasteiger partial charge in [0.25, 0.3) is 0 Å². The minimum atomic E-state index is -0.350. The van der Waals surface area contributed by atoms with Gasteiger partial charge in [-0.25, -0.2) is 0 Å². The molecule has 1 aromatic carbocycles. The Morgan fingerprint density at radius 2 is 1.96 bits per heavy atom. The maximum atomic E-state index is 11.3. The number of hydrogen-bond acceptors (Lipinski definition) is 4. The Labute approximate surface area is 187 Å². The van der Waals surface area contributed by atoms with Crippen LogP contribution in [0.2, 0.25) is 0 Å². The molecule has 27 heavy (non-hydrogen) atoms. The maximum Gasteiger partial charge on any atom is 0.225 e. The predicted molar refractivity (Wildman–Crippen MR) is 103 cm³/mol. The van der Waals surface area contributed by atoms with Crippen LogP contribution in [0.25, 0.3) is 0 Å². The van der Waals surface area contributed by atoms with Gasteiger partial charge in [0.05, 0.1) is 25.7 Å². The first kappa shape index (κ1) is 26.1. The fourth-order valence-corrected chi connectivity index (χ4v) is 2.46. The summed E-state index contributed by atoms with van der Waals surface area (Å²) in [5.74, 6) is -0.0947. The molecule has 0 aliphatic carbocycles. The molecule has 7 heteroatoms. The Kier molecular flexibility index (Phi) is 12.1. The van der Waals surface area contributed by atoms with Crippen LogP contribution in [0.3, 0.4) is 0 Å². The molecule has 0 spiro atoms. The molecule has 0 unspecified atom stereocenters. The van der Waals surface area contributed by atoms with E-state index in [1.807, 2.05) is 32.9 Å². The first-order valence-corrected chi connectivity index (χ1v) is 8.86. The summed E-state index contributed by atoms with van der Waals surface area (Å²) in [5, 5.41) is 11.1. The van der Waals surface area contributed by atoms with Crippen molar-refractivity contribution < 1.29 is 52.1 Å². The third kappa shape index (κ3) is 9.20. The van der Waals surface area contributed by atoms with Crippen molar-refractivity contribution in [2.75, 3.05) is 37.8 Å². The van der Waals surface area contributed by atoms with Crippen LogP contribution >= 0.6 is 0 Å². The van der Waals surface area contributed by atoms with Crippen molar-refractivity contribution >= 4 is 17.5 Å². The predicted octanol–water partition coefficient (Wildman–Crippen LogP) is 1.87. The van der Waals surface area contributed by atoms with Crippen LogP contribution in [-0.2, 0) is 53.5 Å². The smallest absolute Gasteiger partial charge is 0.225 e. The largest absolute Gasteiger partial charge is 0.394 e. The molecular weight excluding hydrogens is 421 g/mol. The van der Waals surface area contributed by atoms with E-state index in [-0.39, 0.29) is 56.5 Å². The molecule has 0 aromatic heterocycles. The van der Waals surface area contributed by atoms with Crippen LogP contribution in [0.15, 0.2) is 18.2 Å². The molecule has 1 radical (unpaired) electrons. The zero-order valence-electron chi connectivity index (χ0n) is 16.9. The fraction of sp³-hybridized carbons (Fsp3) is 0.550. The number of anilines is 1. The van der Waals surface area contributed by atoms with E-state index < -0.39 is 0 Å². The van der Waals surface area contributed by atoms with Gasteiger partial charge in [-0.3, -0.25) is 4.79 Å². The Morgan fingerprint density at radius 1 is 1.30 bits per heavy atom. The van der Waals surface area contributed by atoms with Crippen molar-refractivity contribution in [1.82, 2.24) is 5.32 Å². The monoisotopic (exact) mass is 452 g/mol. The van der Waals surface area contributed by atoms with E-state index in [9.17, 15) is 9.59 Å². The second-order valence-corrected chi connectivity index (χ2v) is 7.27. The summed E-state index contributed by atoms with van der Waals surface area (Å²) in [6.07, 6.45) is 0.957. The number of carbonyl (C=O) groups excluding carboxylic acids is 2. The molecule has 0 atom stereocenters. The SMILES string of the molecule is CC(C)(C)C(=O)NCCOCCO.[CH2-]C(=O)N1CCc2cc(C)ccc21.[Y]. The summed E-state index contributed by atoms with van der Waals surface area (Å²) in [5.41, 5.74) is 3.19. The van der Waals surface area contributed by atoms with E-state index in [1.54, 1.807) is 4.90 Å². The van der Waals surface area contributed by atoms with E-state index in [0.29, 0.717) is 19.8 Å². The number of fused-ring (bicyclic) bond motifs is 1. The maximum absolute atomic E-state index is 11.3. The van der Waals surface area contributed by atoms with E-state index in [2.05, 4.69) is 25.2 Å². The molecular formula is C20H31N2O4Y-. The quantitative estimate of drug-likeness (QED) is 0.528. The van der Waals surface area contributed by atoms with Crippen molar-refractivity contribution in [2.45, 2.75) is 34.1 Å². The summed E-state index contributed by atoms with van der Waals surface area (Å²) in [6.45, 7) is 13.1. The number of aliphatic hydroxyl groups excluding tert-OH is 1. The van der Waals surface area contributed by atoms with E-state index in [0.717, 1.165) is 18.7 Å². The second kappa shape index (κ2) is 12.5. The molecule has 0 bridgehead atoms. The molecule has 1 heterocycles. The topological polar surface area (TPSA) is 78.9 Å². The summed E-state index contributed by atoms with van der Waals surface area (Å²) >= 11 is 0. The van der Waals surface area contributed by atoms with Gasteiger partial charge < -0.3 is 31.8 Å². The van der Waals surface area contributed by atoms with Crippen molar-refractivity contribution in [3.05, 3.63) is 36.2 Å².